The second-order valence-electron chi connectivity index (χ2n) is 11.4. The van der Waals surface area contributed by atoms with E-state index < -0.39 is 0 Å². The normalized spacial score (nSPS) is 29.2. The average molecular weight is 517 g/mol. The summed E-state index contributed by atoms with van der Waals surface area (Å²) < 4.78 is 0. The first-order valence-electron chi connectivity index (χ1n) is 14.0. The number of thioether (sulfide) groups is 1. The summed E-state index contributed by atoms with van der Waals surface area (Å²) in [5.74, 6) is 1.29. The van der Waals surface area contributed by atoms with E-state index in [1.165, 1.54) is 36.8 Å². The zero-order valence-corrected chi connectivity index (χ0v) is 23.2. The second-order valence-corrected chi connectivity index (χ2v) is 12.7. The van der Waals surface area contributed by atoms with Crippen LogP contribution in [0, 0.1) is 18.8 Å². The molecule has 5 unspecified atom stereocenters. The predicted octanol–water partition coefficient (Wildman–Crippen LogP) is 6.98. The molecule has 3 aliphatic rings. The summed E-state index contributed by atoms with van der Waals surface area (Å²) in [5.41, 5.74) is 4.08. The van der Waals surface area contributed by atoms with Crippen molar-refractivity contribution >= 4 is 29.7 Å². The Kier molecular flexibility index (Phi) is 8.09. The van der Waals surface area contributed by atoms with E-state index in [-0.39, 0.29) is 17.9 Å². The summed E-state index contributed by atoms with van der Waals surface area (Å²) >= 11 is 1.76. The SMILES string of the molecule is Cc1ccc(CN2C(=O)/C(=C\c3ccc(C(=O)NC4CCCC(C)C4C)cc3)SC3CCCCC32)cc1. The summed E-state index contributed by atoms with van der Waals surface area (Å²) in [7, 11) is 0. The molecule has 3 fully saturated rings. The lowest BCUT2D eigenvalue weighted by molar-refractivity contribution is -0.130. The van der Waals surface area contributed by atoms with E-state index >= 15 is 0 Å². The van der Waals surface area contributed by atoms with E-state index in [0.29, 0.717) is 35.2 Å². The van der Waals surface area contributed by atoms with Crippen LogP contribution in [-0.4, -0.2) is 34.0 Å². The molecule has 4 nitrogen and oxygen atoms in total. The molecule has 1 saturated heterocycles. The van der Waals surface area contributed by atoms with Crippen molar-refractivity contribution in [3.8, 4) is 0 Å². The lowest BCUT2D eigenvalue weighted by Crippen LogP contribution is -2.50. The number of hydrogen-bond acceptors (Lipinski definition) is 3. The van der Waals surface area contributed by atoms with Gasteiger partial charge < -0.3 is 10.2 Å². The molecule has 5 heteroatoms. The minimum absolute atomic E-state index is 0.00240. The van der Waals surface area contributed by atoms with Crippen LogP contribution >= 0.6 is 11.8 Å². The van der Waals surface area contributed by atoms with E-state index in [2.05, 4.69) is 55.3 Å². The number of aryl methyl sites for hydroxylation is 1. The monoisotopic (exact) mass is 516 g/mol. The molecule has 5 rings (SSSR count). The Balaban J connectivity index is 1.31. The van der Waals surface area contributed by atoms with Crippen molar-refractivity contribution in [3.63, 3.8) is 0 Å². The fraction of sp³-hybridized carbons (Fsp3) is 0.500. The average Bonchev–Trinajstić information content (AvgIpc) is 2.90. The lowest BCUT2D eigenvalue weighted by Gasteiger charge is -2.44. The molecule has 0 bridgehead atoms. The maximum Gasteiger partial charge on any atom is 0.260 e. The van der Waals surface area contributed by atoms with Gasteiger partial charge in [-0.1, -0.05) is 81.5 Å². The molecule has 1 N–H and O–H groups in total. The van der Waals surface area contributed by atoms with Gasteiger partial charge in [0.1, 0.15) is 0 Å². The molecule has 2 aliphatic carbocycles. The van der Waals surface area contributed by atoms with Gasteiger partial charge in [0.2, 0.25) is 0 Å². The molecular weight excluding hydrogens is 476 g/mol. The van der Waals surface area contributed by atoms with Crippen LogP contribution < -0.4 is 5.32 Å². The maximum absolute atomic E-state index is 13.7. The highest BCUT2D eigenvalue weighted by Crippen LogP contribution is 2.42. The van der Waals surface area contributed by atoms with Gasteiger partial charge in [-0.3, -0.25) is 9.59 Å². The van der Waals surface area contributed by atoms with Crippen molar-refractivity contribution in [2.75, 3.05) is 0 Å². The Morgan fingerprint density at radius 2 is 1.70 bits per heavy atom. The Bertz CT molecular complexity index is 1140. The maximum atomic E-state index is 13.7. The third-order valence-electron chi connectivity index (χ3n) is 8.79. The Morgan fingerprint density at radius 3 is 2.46 bits per heavy atom. The molecule has 2 aromatic carbocycles. The summed E-state index contributed by atoms with van der Waals surface area (Å²) in [6, 6.07) is 16.8. The first-order valence-corrected chi connectivity index (χ1v) is 14.9. The fourth-order valence-electron chi connectivity index (χ4n) is 6.17. The molecule has 0 aromatic heterocycles. The van der Waals surface area contributed by atoms with Crippen LogP contribution in [0.25, 0.3) is 6.08 Å². The van der Waals surface area contributed by atoms with Crippen molar-refractivity contribution in [3.05, 3.63) is 75.7 Å². The number of benzene rings is 2. The molecule has 1 aliphatic heterocycles. The lowest BCUT2D eigenvalue weighted by atomic mass is 9.78. The summed E-state index contributed by atoms with van der Waals surface area (Å²) in [6.07, 6.45) is 10.2. The molecule has 0 spiro atoms. The Labute approximate surface area is 226 Å². The van der Waals surface area contributed by atoms with Gasteiger partial charge in [-0.15, -0.1) is 11.8 Å². The first-order chi connectivity index (χ1) is 17.9. The van der Waals surface area contributed by atoms with Crippen LogP contribution in [0.3, 0.4) is 0 Å². The number of hydrogen-bond donors (Lipinski definition) is 1. The van der Waals surface area contributed by atoms with E-state index in [1.807, 2.05) is 30.3 Å². The fourth-order valence-corrected chi connectivity index (χ4v) is 7.64. The smallest absolute Gasteiger partial charge is 0.260 e. The van der Waals surface area contributed by atoms with Crippen LogP contribution in [0.4, 0.5) is 0 Å². The van der Waals surface area contributed by atoms with Gasteiger partial charge in [0.05, 0.1) is 4.91 Å². The van der Waals surface area contributed by atoms with Crippen LogP contribution in [0.5, 0.6) is 0 Å². The number of nitrogens with one attached hydrogen (secondary N) is 1. The van der Waals surface area contributed by atoms with Crippen molar-refractivity contribution in [1.29, 1.82) is 0 Å². The van der Waals surface area contributed by atoms with Gasteiger partial charge in [0.15, 0.2) is 0 Å². The van der Waals surface area contributed by atoms with Gasteiger partial charge in [-0.25, -0.2) is 0 Å². The van der Waals surface area contributed by atoms with Crippen LogP contribution in [0.1, 0.15) is 85.8 Å². The Morgan fingerprint density at radius 1 is 0.973 bits per heavy atom. The quantitative estimate of drug-likeness (QED) is 0.436. The number of rotatable bonds is 5. The molecule has 37 heavy (non-hydrogen) atoms. The largest absolute Gasteiger partial charge is 0.349 e. The van der Waals surface area contributed by atoms with E-state index in [1.54, 1.807) is 11.8 Å². The highest BCUT2D eigenvalue weighted by molar-refractivity contribution is 8.04. The standard InChI is InChI=1S/C32H40N2O2S/c1-21-11-13-25(14-12-21)20-34-28-9-4-5-10-29(28)37-30(32(34)36)19-24-15-17-26(18-16-24)31(35)33-27-8-6-7-22(2)23(27)3/h11-19,22-23,27-29H,4-10,20H2,1-3H3,(H,33,35)/b30-19+. The van der Waals surface area contributed by atoms with E-state index in [0.717, 1.165) is 29.7 Å². The van der Waals surface area contributed by atoms with E-state index in [4.69, 9.17) is 0 Å². The predicted molar refractivity (Wildman–Crippen MR) is 153 cm³/mol. The van der Waals surface area contributed by atoms with Gasteiger partial charge in [-0.2, -0.15) is 0 Å². The van der Waals surface area contributed by atoms with Gasteiger partial charge in [-0.05, 0) is 67.4 Å². The van der Waals surface area contributed by atoms with Crippen LogP contribution in [0.15, 0.2) is 53.4 Å². The summed E-state index contributed by atoms with van der Waals surface area (Å²) in [5, 5.41) is 3.72. The minimum Gasteiger partial charge on any atom is -0.349 e. The minimum atomic E-state index is 0.00240. The zero-order chi connectivity index (χ0) is 25.9. The molecule has 2 amide bonds. The molecule has 1 heterocycles. The molecule has 196 valence electrons. The number of nitrogens with zero attached hydrogens (tertiary/aromatic N) is 1. The zero-order valence-electron chi connectivity index (χ0n) is 22.4. The van der Waals surface area contributed by atoms with Crippen LogP contribution in [0.2, 0.25) is 0 Å². The number of fused-ring (bicyclic) bond motifs is 1. The third kappa shape index (κ3) is 5.98. The van der Waals surface area contributed by atoms with Gasteiger partial charge >= 0.3 is 0 Å². The van der Waals surface area contributed by atoms with Crippen molar-refractivity contribution < 1.29 is 9.59 Å². The number of carbonyl (C=O) groups excluding carboxylic acids is 2. The Hall–Kier alpha value is -2.53. The topological polar surface area (TPSA) is 49.4 Å². The third-order valence-corrected chi connectivity index (χ3v) is 10.2. The van der Waals surface area contributed by atoms with Crippen molar-refractivity contribution in [2.45, 2.75) is 89.6 Å². The van der Waals surface area contributed by atoms with E-state index in [9.17, 15) is 9.59 Å². The summed E-state index contributed by atoms with van der Waals surface area (Å²) in [6.45, 7) is 7.29. The highest BCUT2D eigenvalue weighted by Gasteiger charge is 2.40. The molecule has 5 atom stereocenters. The number of amides is 2. The highest BCUT2D eigenvalue weighted by atomic mass is 32.2. The van der Waals surface area contributed by atoms with Gasteiger partial charge in [0, 0.05) is 29.4 Å². The molecular formula is C32H40N2O2S. The van der Waals surface area contributed by atoms with Crippen LogP contribution in [-0.2, 0) is 11.3 Å². The summed E-state index contributed by atoms with van der Waals surface area (Å²) in [4.78, 5) is 29.5. The number of carbonyl (C=O) groups is 2. The first kappa shape index (κ1) is 26.1. The molecule has 2 aromatic rings. The molecule has 0 radical (unpaired) electrons. The molecule has 2 saturated carbocycles. The second kappa shape index (κ2) is 11.5. The van der Waals surface area contributed by atoms with Crippen molar-refractivity contribution in [2.24, 2.45) is 11.8 Å². The van der Waals surface area contributed by atoms with Gasteiger partial charge in [0.25, 0.3) is 11.8 Å². The van der Waals surface area contributed by atoms with Crippen molar-refractivity contribution in [1.82, 2.24) is 10.2 Å².